The molecule has 2 N–H and O–H groups in total. The van der Waals surface area contributed by atoms with E-state index in [-0.39, 0.29) is 24.2 Å². The summed E-state index contributed by atoms with van der Waals surface area (Å²) in [6, 6.07) is 3.90. The van der Waals surface area contributed by atoms with Gasteiger partial charge >= 0.3 is 5.97 Å². The molecule has 8 heteroatoms. The number of nitrogens with zero attached hydrogens (tertiary/aromatic N) is 1. The molecule has 0 saturated heterocycles. The summed E-state index contributed by atoms with van der Waals surface area (Å²) in [5.41, 5.74) is 5.94. The van der Waals surface area contributed by atoms with Gasteiger partial charge in [-0.1, -0.05) is 25.7 Å². The Balaban J connectivity index is 0.00000432. The monoisotopic (exact) mass is 501 g/mol. The zero-order valence-electron chi connectivity index (χ0n) is 21.0. The molecule has 0 amide bonds. The first kappa shape index (κ1) is 28.2. The van der Waals surface area contributed by atoms with E-state index in [1.54, 1.807) is 7.11 Å². The number of methoxy groups -OCH3 is 2. The predicted molar refractivity (Wildman–Crippen MR) is 141 cm³/mol. The minimum absolute atomic E-state index is 0. The van der Waals surface area contributed by atoms with Gasteiger partial charge in [0.05, 0.1) is 25.6 Å². The van der Waals surface area contributed by atoms with Gasteiger partial charge in [-0.3, -0.25) is 9.59 Å². The molecule has 0 saturated carbocycles. The van der Waals surface area contributed by atoms with E-state index in [9.17, 15) is 9.59 Å². The number of unbranched alkanes of at least 4 members (excludes halogenated alkanes) is 5. The van der Waals surface area contributed by atoms with Crippen LogP contribution in [0, 0.1) is 13.8 Å². The standard InChI is InChI=1S/C27H35N3O4.ClH/c1-18-21(16-23-25(33-3)17-22(30-23)20-12-11-15-28-20)29-19(2)27(18)24(31)13-9-7-5-6-8-10-14-26(32)34-4;/h11-12,15-17,28-29H,5-10,13-14H2,1-4H3;1H. The molecule has 35 heavy (non-hydrogen) atoms. The number of ether oxygens (including phenoxy) is 2. The van der Waals surface area contributed by atoms with E-state index in [0.717, 1.165) is 78.1 Å². The molecule has 1 aliphatic rings. The average molecular weight is 502 g/mol. The van der Waals surface area contributed by atoms with E-state index >= 15 is 0 Å². The number of carbonyl (C=O) groups excluding carboxylic acids is 2. The Labute approximate surface area is 213 Å². The Bertz CT molecular complexity index is 1090. The van der Waals surface area contributed by atoms with E-state index < -0.39 is 0 Å². The topological polar surface area (TPSA) is 96.5 Å². The molecule has 0 fully saturated rings. The Hall–Kier alpha value is -3.06. The summed E-state index contributed by atoms with van der Waals surface area (Å²) < 4.78 is 10.2. The molecule has 0 radical (unpaired) electrons. The first-order valence-electron chi connectivity index (χ1n) is 11.9. The largest absolute Gasteiger partial charge is 0.494 e. The molecule has 0 spiro atoms. The number of aromatic amines is 2. The van der Waals surface area contributed by atoms with Gasteiger partial charge in [-0.2, -0.15) is 0 Å². The van der Waals surface area contributed by atoms with Gasteiger partial charge in [-0.25, -0.2) is 4.99 Å². The highest BCUT2D eigenvalue weighted by Crippen LogP contribution is 2.28. The molecule has 0 atom stereocenters. The number of carbonyl (C=O) groups is 2. The van der Waals surface area contributed by atoms with Crippen LogP contribution in [0.25, 0.3) is 6.08 Å². The minimum Gasteiger partial charge on any atom is -0.494 e. The molecule has 2 aromatic rings. The predicted octanol–water partition coefficient (Wildman–Crippen LogP) is 6.23. The highest BCUT2D eigenvalue weighted by molar-refractivity contribution is 6.11. The lowest BCUT2D eigenvalue weighted by Gasteiger charge is -2.04. The maximum absolute atomic E-state index is 12.9. The van der Waals surface area contributed by atoms with Crippen LogP contribution in [-0.2, 0) is 14.3 Å². The first-order chi connectivity index (χ1) is 16.4. The summed E-state index contributed by atoms with van der Waals surface area (Å²) in [6.07, 6.45) is 12.7. The van der Waals surface area contributed by atoms with Crippen molar-refractivity contribution in [3.05, 3.63) is 64.1 Å². The molecule has 2 aromatic heterocycles. The molecule has 3 rings (SSSR count). The van der Waals surface area contributed by atoms with Gasteiger partial charge in [0.2, 0.25) is 0 Å². The third kappa shape index (κ3) is 7.46. The maximum atomic E-state index is 12.9. The highest BCUT2D eigenvalue weighted by atomic mass is 35.5. The molecule has 0 bridgehead atoms. The van der Waals surface area contributed by atoms with Crippen molar-refractivity contribution in [2.24, 2.45) is 4.99 Å². The zero-order chi connectivity index (χ0) is 24.5. The number of aryl methyl sites for hydroxylation is 1. The van der Waals surface area contributed by atoms with Crippen molar-refractivity contribution >= 4 is 35.9 Å². The van der Waals surface area contributed by atoms with Crippen molar-refractivity contribution in [1.29, 1.82) is 0 Å². The van der Waals surface area contributed by atoms with Crippen LogP contribution in [0.5, 0.6) is 0 Å². The summed E-state index contributed by atoms with van der Waals surface area (Å²) in [5, 5.41) is 0. The van der Waals surface area contributed by atoms with E-state index in [2.05, 4.69) is 14.7 Å². The molecule has 0 aromatic carbocycles. The van der Waals surface area contributed by atoms with E-state index in [0.29, 0.717) is 18.6 Å². The lowest BCUT2D eigenvalue weighted by molar-refractivity contribution is -0.140. The van der Waals surface area contributed by atoms with Gasteiger partial charge in [0.1, 0.15) is 11.5 Å². The van der Waals surface area contributed by atoms with Crippen LogP contribution >= 0.6 is 12.4 Å². The number of aliphatic imine (C=N–C) groups is 1. The van der Waals surface area contributed by atoms with Crippen molar-refractivity contribution in [2.45, 2.75) is 65.2 Å². The summed E-state index contributed by atoms with van der Waals surface area (Å²) in [6.45, 7) is 3.92. The molecule has 190 valence electrons. The van der Waals surface area contributed by atoms with Gasteiger partial charge in [0.25, 0.3) is 0 Å². The number of halogens is 1. The Morgan fingerprint density at radius 2 is 1.71 bits per heavy atom. The number of Topliss-reactive ketones (excluding diaryl/α,β-unsaturated/α-hetero) is 1. The highest BCUT2D eigenvalue weighted by Gasteiger charge is 2.20. The number of rotatable bonds is 13. The van der Waals surface area contributed by atoms with Crippen LogP contribution < -0.4 is 0 Å². The fourth-order valence-corrected chi connectivity index (χ4v) is 4.27. The van der Waals surface area contributed by atoms with Crippen molar-refractivity contribution < 1.29 is 19.1 Å². The molecule has 7 nitrogen and oxygen atoms in total. The minimum atomic E-state index is -0.145. The van der Waals surface area contributed by atoms with Crippen LogP contribution in [0.3, 0.4) is 0 Å². The SMILES string of the molecule is COC(=O)CCCCCCCCC(=O)c1c(C)[nH]c(C=C2N=C(c3ccc[nH]3)C=C2OC)c1C.Cl. The normalized spacial score (nSPS) is 13.9. The fourth-order valence-electron chi connectivity index (χ4n) is 4.27. The van der Waals surface area contributed by atoms with E-state index in [1.807, 2.05) is 44.3 Å². The van der Waals surface area contributed by atoms with Crippen LogP contribution in [-0.4, -0.2) is 41.7 Å². The maximum Gasteiger partial charge on any atom is 0.305 e. The number of allylic oxidation sites excluding steroid dienone is 1. The van der Waals surface area contributed by atoms with Crippen LogP contribution in [0.4, 0.5) is 0 Å². The van der Waals surface area contributed by atoms with Gasteiger partial charge in [-0.05, 0) is 50.5 Å². The second-order valence-corrected chi connectivity index (χ2v) is 8.61. The van der Waals surface area contributed by atoms with Crippen LogP contribution in [0.1, 0.15) is 84.4 Å². The Kier molecular flexibility index (Phi) is 11.1. The van der Waals surface area contributed by atoms with Crippen molar-refractivity contribution in [3.63, 3.8) is 0 Å². The molecular formula is C27H36ClN3O4. The van der Waals surface area contributed by atoms with Gasteiger partial charge < -0.3 is 19.4 Å². The lowest BCUT2D eigenvalue weighted by atomic mass is 10.00. The van der Waals surface area contributed by atoms with Crippen molar-refractivity contribution in [1.82, 2.24) is 9.97 Å². The number of ketones is 1. The van der Waals surface area contributed by atoms with Gasteiger partial charge in [0, 0.05) is 42.1 Å². The van der Waals surface area contributed by atoms with E-state index in [4.69, 9.17) is 9.73 Å². The fraction of sp³-hybridized carbons (Fsp3) is 0.444. The molecule has 0 unspecified atom stereocenters. The summed E-state index contributed by atoms with van der Waals surface area (Å²) >= 11 is 0. The number of hydrogen-bond donors (Lipinski definition) is 2. The second kappa shape index (κ2) is 13.7. The number of H-pyrrole nitrogens is 2. The molecular weight excluding hydrogens is 466 g/mol. The Morgan fingerprint density at radius 3 is 2.34 bits per heavy atom. The van der Waals surface area contributed by atoms with Crippen LogP contribution in [0.15, 0.2) is 40.9 Å². The second-order valence-electron chi connectivity index (χ2n) is 8.61. The Morgan fingerprint density at radius 1 is 1.03 bits per heavy atom. The summed E-state index contributed by atoms with van der Waals surface area (Å²) in [7, 11) is 3.05. The molecule has 3 heterocycles. The quantitative estimate of drug-likeness (QED) is 0.193. The van der Waals surface area contributed by atoms with Crippen molar-refractivity contribution in [2.75, 3.05) is 14.2 Å². The average Bonchev–Trinajstić information content (AvgIpc) is 3.55. The third-order valence-corrected chi connectivity index (χ3v) is 6.15. The zero-order valence-corrected chi connectivity index (χ0v) is 21.8. The van der Waals surface area contributed by atoms with Crippen molar-refractivity contribution in [3.8, 4) is 0 Å². The van der Waals surface area contributed by atoms with Gasteiger partial charge in [0.15, 0.2) is 5.78 Å². The summed E-state index contributed by atoms with van der Waals surface area (Å²) in [4.78, 5) is 35.3. The van der Waals surface area contributed by atoms with E-state index in [1.165, 1.54) is 7.11 Å². The molecule has 0 aliphatic carbocycles. The number of aromatic nitrogens is 2. The smallest absolute Gasteiger partial charge is 0.305 e. The summed E-state index contributed by atoms with van der Waals surface area (Å²) in [5.74, 6) is 0.717. The van der Waals surface area contributed by atoms with Crippen LogP contribution in [0.2, 0.25) is 0 Å². The third-order valence-electron chi connectivity index (χ3n) is 6.15. The number of nitrogens with one attached hydrogen (secondary N) is 2. The lowest BCUT2D eigenvalue weighted by Crippen LogP contribution is -2.02. The first-order valence-corrected chi connectivity index (χ1v) is 11.9. The molecule has 1 aliphatic heterocycles. The van der Waals surface area contributed by atoms with Gasteiger partial charge in [-0.15, -0.1) is 12.4 Å². The number of esters is 1. The number of hydrogen-bond acceptors (Lipinski definition) is 5.